The first-order valence-corrected chi connectivity index (χ1v) is 9.64. The van der Waals surface area contributed by atoms with Crippen molar-refractivity contribution in [3.63, 3.8) is 0 Å². The first kappa shape index (κ1) is 18.7. The van der Waals surface area contributed by atoms with Gasteiger partial charge in [-0.05, 0) is 44.9 Å². The first-order chi connectivity index (χ1) is 13.5. The van der Waals surface area contributed by atoms with Crippen molar-refractivity contribution in [2.24, 2.45) is 0 Å². The molecule has 1 fully saturated rings. The number of carbonyl (C=O) groups is 1. The molecular formula is C20H20ClFN4O2. The Labute approximate surface area is 166 Å². The van der Waals surface area contributed by atoms with Crippen LogP contribution in [0.15, 0.2) is 35.0 Å². The molecule has 146 valence electrons. The lowest BCUT2D eigenvalue weighted by Crippen LogP contribution is -2.32. The Kier molecular flexibility index (Phi) is 4.93. The van der Waals surface area contributed by atoms with Gasteiger partial charge in [0.1, 0.15) is 22.8 Å². The SMILES string of the molecule is CCn1nccc1[C@@H]1CCCN1C(=O)c1c(-c2c(F)cccc2Cl)noc1C. The van der Waals surface area contributed by atoms with E-state index in [0.29, 0.717) is 12.3 Å². The number of carbonyl (C=O) groups excluding carboxylic acids is 1. The number of hydrogen-bond acceptors (Lipinski definition) is 4. The van der Waals surface area contributed by atoms with E-state index in [0.717, 1.165) is 25.1 Å². The zero-order chi connectivity index (χ0) is 19.8. The van der Waals surface area contributed by atoms with Gasteiger partial charge in [0.05, 0.1) is 22.3 Å². The van der Waals surface area contributed by atoms with Gasteiger partial charge in [0.2, 0.25) is 0 Å². The highest BCUT2D eigenvalue weighted by molar-refractivity contribution is 6.33. The molecule has 28 heavy (non-hydrogen) atoms. The summed E-state index contributed by atoms with van der Waals surface area (Å²) in [5, 5.41) is 8.46. The summed E-state index contributed by atoms with van der Waals surface area (Å²) in [7, 11) is 0. The van der Waals surface area contributed by atoms with Crippen LogP contribution in [-0.4, -0.2) is 32.3 Å². The molecule has 0 unspecified atom stereocenters. The normalized spacial score (nSPS) is 16.7. The van der Waals surface area contributed by atoms with Crippen molar-refractivity contribution in [3.05, 3.63) is 58.3 Å². The van der Waals surface area contributed by atoms with Crippen molar-refractivity contribution < 1.29 is 13.7 Å². The van der Waals surface area contributed by atoms with Gasteiger partial charge in [-0.1, -0.05) is 22.8 Å². The highest BCUT2D eigenvalue weighted by Gasteiger charge is 2.36. The predicted molar refractivity (Wildman–Crippen MR) is 103 cm³/mol. The maximum Gasteiger partial charge on any atom is 0.260 e. The van der Waals surface area contributed by atoms with Crippen LogP contribution in [0.25, 0.3) is 11.3 Å². The minimum atomic E-state index is -0.545. The van der Waals surface area contributed by atoms with Crippen LogP contribution in [0, 0.1) is 12.7 Å². The van der Waals surface area contributed by atoms with Crippen LogP contribution in [0.1, 0.15) is 47.6 Å². The molecular weight excluding hydrogens is 383 g/mol. The fourth-order valence-electron chi connectivity index (χ4n) is 3.87. The maximum atomic E-state index is 14.5. The summed E-state index contributed by atoms with van der Waals surface area (Å²) in [6.45, 7) is 5.00. The van der Waals surface area contributed by atoms with Gasteiger partial charge in [0.25, 0.3) is 5.91 Å². The summed E-state index contributed by atoms with van der Waals surface area (Å²) in [5.41, 5.74) is 1.47. The van der Waals surface area contributed by atoms with Crippen LogP contribution in [-0.2, 0) is 6.54 Å². The fraction of sp³-hybridized carbons (Fsp3) is 0.350. The third-order valence-corrected chi connectivity index (χ3v) is 5.50. The zero-order valence-electron chi connectivity index (χ0n) is 15.7. The topological polar surface area (TPSA) is 64.2 Å². The summed E-state index contributed by atoms with van der Waals surface area (Å²) < 4.78 is 21.6. The minimum Gasteiger partial charge on any atom is -0.360 e. The van der Waals surface area contributed by atoms with E-state index in [1.54, 1.807) is 24.1 Å². The van der Waals surface area contributed by atoms with E-state index in [9.17, 15) is 9.18 Å². The van der Waals surface area contributed by atoms with E-state index >= 15 is 0 Å². The van der Waals surface area contributed by atoms with Gasteiger partial charge < -0.3 is 9.42 Å². The van der Waals surface area contributed by atoms with Crippen molar-refractivity contribution in [1.29, 1.82) is 0 Å². The van der Waals surface area contributed by atoms with Crippen molar-refractivity contribution in [1.82, 2.24) is 19.8 Å². The average Bonchev–Trinajstić information content (AvgIpc) is 3.40. The predicted octanol–water partition coefficient (Wildman–Crippen LogP) is 4.64. The Hall–Kier alpha value is -2.67. The molecule has 8 heteroatoms. The van der Waals surface area contributed by atoms with Gasteiger partial charge in [-0.15, -0.1) is 0 Å². The second-order valence-corrected chi connectivity index (χ2v) is 7.19. The lowest BCUT2D eigenvalue weighted by atomic mass is 10.0. The number of nitrogens with zero attached hydrogens (tertiary/aromatic N) is 4. The number of aromatic nitrogens is 3. The van der Waals surface area contributed by atoms with Crippen LogP contribution < -0.4 is 0 Å². The monoisotopic (exact) mass is 402 g/mol. The summed E-state index contributed by atoms with van der Waals surface area (Å²) in [6, 6.07) is 6.22. The molecule has 1 aliphatic rings. The molecule has 0 radical (unpaired) electrons. The molecule has 2 aromatic heterocycles. The Bertz CT molecular complexity index is 1010. The van der Waals surface area contributed by atoms with Gasteiger partial charge >= 0.3 is 0 Å². The average molecular weight is 403 g/mol. The molecule has 0 N–H and O–H groups in total. The minimum absolute atomic E-state index is 0.0821. The maximum absolute atomic E-state index is 14.5. The molecule has 0 bridgehead atoms. The molecule has 6 nitrogen and oxygen atoms in total. The molecule has 1 aromatic carbocycles. The summed E-state index contributed by atoms with van der Waals surface area (Å²) >= 11 is 6.20. The van der Waals surface area contributed by atoms with Gasteiger partial charge in [0.15, 0.2) is 0 Å². The summed E-state index contributed by atoms with van der Waals surface area (Å²) in [6.07, 6.45) is 3.47. The molecule has 0 saturated carbocycles. The van der Waals surface area contributed by atoms with Crippen LogP contribution in [0.5, 0.6) is 0 Å². The van der Waals surface area contributed by atoms with E-state index < -0.39 is 5.82 Å². The zero-order valence-corrected chi connectivity index (χ0v) is 16.4. The van der Waals surface area contributed by atoms with E-state index in [4.69, 9.17) is 16.1 Å². The third kappa shape index (κ3) is 2.99. The Balaban J connectivity index is 1.76. The molecule has 3 aromatic rings. The lowest BCUT2D eigenvalue weighted by Gasteiger charge is -2.25. The molecule has 1 aliphatic heterocycles. The van der Waals surface area contributed by atoms with Crippen molar-refractivity contribution in [2.75, 3.05) is 6.54 Å². The van der Waals surface area contributed by atoms with Crippen molar-refractivity contribution >= 4 is 17.5 Å². The van der Waals surface area contributed by atoms with Crippen LogP contribution in [0.2, 0.25) is 5.02 Å². The summed E-state index contributed by atoms with van der Waals surface area (Å²) in [4.78, 5) is 15.3. The number of hydrogen-bond donors (Lipinski definition) is 0. The van der Waals surface area contributed by atoms with Crippen LogP contribution in [0.3, 0.4) is 0 Å². The van der Waals surface area contributed by atoms with E-state index in [1.807, 2.05) is 17.7 Å². The van der Waals surface area contributed by atoms with E-state index in [2.05, 4.69) is 10.3 Å². The molecule has 0 spiro atoms. The Morgan fingerprint density at radius 3 is 2.96 bits per heavy atom. The quantitative estimate of drug-likeness (QED) is 0.637. The molecule has 1 atom stereocenters. The van der Waals surface area contributed by atoms with Crippen molar-refractivity contribution in [2.45, 2.75) is 39.3 Å². The smallest absolute Gasteiger partial charge is 0.260 e. The molecule has 1 amide bonds. The Morgan fingerprint density at radius 2 is 2.21 bits per heavy atom. The van der Waals surface area contributed by atoms with Crippen LogP contribution >= 0.6 is 11.6 Å². The number of aryl methyl sites for hydroxylation is 2. The van der Waals surface area contributed by atoms with Gasteiger partial charge in [-0.3, -0.25) is 9.48 Å². The number of likely N-dealkylation sites (tertiary alicyclic amines) is 1. The highest BCUT2D eigenvalue weighted by Crippen LogP contribution is 2.38. The van der Waals surface area contributed by atoms with Gasteiger partial charge in [-0.2, -0.15) is 5.10 Å². The second kappa shape index (κ2) is 7.39. The van der Waals surface area contributed by atoms with E-state index in [1.165, 1.54) is 12.1 Å². The van der Waals surface area contributed by atoms with Gasteiger partial charge in [0, 0.05) is 19.3 Å². The molecule has 0 aliphatic carbocycles. The number of benzene rings is 1. The first-order valence-electron chi connectivity index (χ1n) is 9.26. The van der Waals surface area contributed by atoms with Crippen molar-refractivity contribution in [3.8, 4) is 11.3 Å². The molecule has 4 rings (SSSR count). The standard InChI is InChI=1S/C20H20ClFN4O2/c1-3-26-16(9-10-23-26)15-8-5-11-25(15)20(27)17-12(2)28-24-19(17)18-13(21)6-4-7-14(18)22/h4,6-7,9-10,15H,3,5,8,11H2,1-2H3/t15-/m0/s1. The number of halogens is 2. The van der Waals surface area contributed by atoms with Crippen LogP contribution in [0.4, 0.5) is 4.39 Å². The van der Waals surface area contributed by atoms with E-state index in [-0.39, 0.29) is 33.8 Å². The molecule has 3 heterocycles. The lowest BCUT2D eigenvalue weighted by molar-refractivity contribution is 0.0728. The number of amides is 1. The second-order valence-electron chi connectivity index (χ2n) is 6.79. The number of rotatable bonds is 4. The highest BCUT2D eigenvalue weighted by atomic mass is 35.5. The third-order valence-electron chi connectivity index (χ3n) is 5.18. The largest absolute Gasteiger partial charge is 0.360 e. The molecule has 1 saturated heterocycles. The van der Waals surface area contributed by atoms with Gasteiger partial charge in [-0.25, -0.2) is 4.39 Å². The Morgan fingerprint density at radius 1 is 1.39 bits per heavy atom. The summed E-state index contributed by atoms with van der Waals surface area (Å²) in [5.74, 6) is -0.440. The fourth-order valence-corrected chi connectivity index (χ4v) is 4.12.